The summed E-state index contributed by atoms with van der Waals surface area (Å²) in [6.45, 7) is 1.72. The molecule has 1 aromatic rings. The van der Waals surface area contributed by atoms with Crippen LogP contribution in [0.5, 0.6) is 5.75 Å². The number of carbonyl (C=O) groups excluding carboxylic acids is 2. The van der Waals surface area contributed by atoms with Crippen molar-refractivity contribution in [1.82, 2.24) is 10.6 Å². The van der Waals surface area contributed by atoms with E-state index in [9.17, 15) is 14.7 Å². The van der Waals surface area contributed by atoms with Gasteiger partial charge in [0.2, 0.25) is 0 Å². The lowest BCUT2D eigenvalue weighted by atomic mass is 10.1. The van der Waals surface area contributed by atoms with Gasteiger partial charge in [0, 0.05) is 6.08 Å². The molecule has 110 valence electrons. The molecule has 1 aliphatic heterocycles. The molecule has 0 spiro atoms. The highest BCUT2D eigenvalue weighted by atomic mass is 16.5. The average Bonchev–Trinajstić information content (AvgIpc) is 2.74. The minimum atomic E-state index is -0.853. The van der Waals surface area contributed by atoms with Crippen LogP contribution in [0, 0.1) is 0 Å². The van der Waals surface area contributed by atoms with Crippen LogP contribution in [0.15, 0.2) is 42.1 Å². The molecule has 1 unspecified atom stereocenters. The number of phenols is 1. The van der Waals surface area contributed by atoms with Gasteiger partial charge in [0.1, 0.15) is 17.1 Å². The molecule has 6 nitrogen and oxygen atoms in total. The number of esters is 1. The van der Waals surface area contributed by atoms with Crippen molar-refractivity contribution in [2.45, 2.75) is 12.6 Å². The van der Waals surface area contributed by atoms with Crippen LogP contribution in [0.2, 0.25) is 0 Å². The summed E-state index contributed by atoms with van der Waals surface area (Å²) < 4.78 is 4.51. The normalized spacial score (nSPS) is 23.1. The maximum absolute atomic E-state index is 11.9. The summed E-state index contributed by atoms with van der Waals surface area (Å²) in [7, 11) is 1.28. The Morgan fingerprint density at radius 1 is 1.29 bits per heavy atom. The first-order valence-corrected chi connectivity index (χ1v) is 6.30. The molecule has 1 atom stereocenters. The molecule has 3 N–H and O–H groups in total. The van der Waals surface area contributed by atoms with E-state index in [2.05, 4.69) is 15.4 Å². The highest BCUT2D eigenvalue weighted by Gasteiger charge is 2.33. The summed E-state index contributed by atoms with van der Waals surface area (Å²) in [4.78, 5) is 23.0. The van der Waals surface area contributed by atoms with Gasteiger partial charge in [-0.2, -0.15) is 0 Å². The lowest BCUT2D eigenvalue weighted by Gasteiger charge is -2.19. The Morgan fingerprint density at radius 3 is 2.57 bits per heavy atom. The van der Waals surface area contributed by atoms with Crippen molar-refractivity contribution < 1.29 is 19.4 Å². The summed E-state index contributed by atoms with van der Waals surface area (Å²) in [5.74, 6) is -0.616. The zero-order chi connectivity index (χ0) is 15.5. The third-order valence-electron chi connectivity index (χ3n) is 2.97. The van der Waals surface area contributed by atoms with E-state index in [1.165, 1.54) is 31.4 Å². The van der Waals surface area contributed by atoms with Gasteiger partial charge in [-0.05, 0) is 36.8 Å². The number of carbonyl (C=O) groups is 2. The number of rotatable bonds is 3. The predicted octanol–water partition coefficient (Wildman–Crippen LogP) is 0.898. The lowest BCUT2D eigenvalue weighted by Crippen LogP contribution is -2.44. The van der Waals surface area contributed by atoms with Crippen molar-refractivity contribution in [2.75, 3.05) is 7.11 Å². The highest BCUT2D eigenvalue weighted by molar-refractivity contribution is 6.00. The summed E-state index contributed by atoms with van der Waals surface area (Å²) in [5, 5.41) is 15.0. The molecule has 21 heavy (non-hydrogen) atoms. The van der Waals surface area contributed by atoms with E-state index < -0.39 is 11.6 Å². The van der Waals surface area contributed by atoms with Crippen LogP contribution < -0.4 is 10.6 Å². The first-order valence-electron chi connectivity index (χ1n) is 6.30. The minimum absolute atomic E-state index is 0.159. The van der Waals surface area contributed by atoms with E-state index in [0.717, 1.165) is 5.56 Å². The fourth-order valence-corrected chi connectivity index (χ4v) is 1.90. The van der Waals surface area contributed by atoms with E-state index in [1.807, 2.05) is 0 Å². The van der Waals surface area contributed by atoms with Gasteiger partial charge in [-0.15, -0.1) is 0 Å². The first-order chi connectivity index (χ1) is 9.92. The van der Waals surface area contributed by atoms with Crippen molar-refractivity contribution in [3.8, 4) is 5.75 Å². The Bertz CT molecular complexity index is 619. The molecule has 1 aliphatic rings. The number of ether oxygens (including phenoxy) is 1. The predicted molar refractivity (Wildman–Crippen MR) is 76.9 cm³/mol. The van der Waals surface area contributed by atoms with Crippen molar-refractivity contribution in [1.29, 1.82) is 0 Å². The molecule has 0 saturated carbocycles. The van der Waals surface area contributed by atoms with Crippen LogP contribution in [0.1, 0.15) is 12.5 Å². The SMILES string of the molecule is COC(=O)C=CC1(C)NC(=O)C(=Cc2ccc(O)cc2)N1. The Hall–Kier alpha value is -2.76. The molecule has 6 heteroatoms. The number of nitrogens with one attached hydrogen (secondary N) is 2. The van der Waals surface area contributed by atoms with Gasteiger partial charge in [0.05, 0.1) is 7.11 Å². The molecule has 0 aromatic heterocycles. The number of amides is 1. The van der Waals surface area contributed by atoms with Crippen molar-refractivity contribution >= 4 is 18.0 Å². The fourth-order valence-electron chi connectivity index (χ4n) is 1.90. The van der Waals surface area contributed by atoms with Crippen molar-refractivity contribution in [3.05, 3.63) is 47.7 Å². The highest BCUT2D eigenvalue weighted by Crippen LogP contribution is 2.18. The van der Waals surface area contributed by atoms with E-state index in [4.69, 9.17) is 0 Å². The molecule has 1 fully saturated rings. The summed E-state index contributed by atoms with van der Waals surface area (Å²) >= 11 is 0. The number of hydrogen-bond donors (Lipinski definition) is 3. The molecule has 0 bridgehead atoms. The Balaban J connectivity index is 2.17. The monoisotopic (exact) mass is 288 g/mol. The van der Waals surface area contributed by atoms with Crippen LogP contribution in [0.25, 0.3) is 6.08 Å². The molecule has 1 heterocycles. The summed E-state index contributed by atoms with van der Waals surface area (Å²) in [6.07, 6.45) is 4.43. The quantitative estimate of drug-likeness (QED) is 0.568. The maximum Gasteiger partial charge on any atom is 0.330 e. The standard InChI is InChI=1S/C15H16N2O4/c1-15(8-7-13(19)21-2)16-12(14(20)17-15)9-10-3-5-11(18)6-4-10/h3-9,16,18H,1-2H3,(H,17,20). The topological polar surface area (TPSA) is 87.7 Å². The summed E-state index contributed by atoms with van der Waals surface area (Å²) in [5.41, 5.74) is 0.290. The van der Waals surface area contributed by atoms with Gasteiger partial charge in [-0.3, -0.25) is 4.79 Å². The average molecular weight is 288 g/mol. The third kappa shape index (κ3) is 3.62. The smallest absolute Gasteiger partial charge is 0.330 e. The zero-order valence-corrected chi connectivity index (χ0v) is 11.7. The van der Waals surface area contributed by atoms with Crippen molar-refractivity contribution in [2.24, 2.45) is 0 Å². The van der Waals surface area contributed by atoms with Gasteiger partial charge < -0.3 is 20.5 Å². The zero-order valence-electron chi connectivity index (χ0n) is 11.7. The molecule has 1 aromatic carbocycles. The van der Waals surface area contributed by atoms with E-state index in [0.29, 0.717) is 5.70 Å². The van der Waals surface area contributed by atoms with Crippen LogP contribution in [0.4, 0.5) is 0 Å². The van der Waals surface area contributed by atoms with Gasteiger partial charge in [0.15, 0.2) is 0 Å². The van der Waals surface area contributed by atoms with Gasteiger partial charge in [-0.1, -0.05) is 12.1 Å². The Kier molecular flexibility index (Phi) is 3.98. The van der Waals surface area contributed by atoms with E-state index >= 15 is 0 Å². The Labute approximate surface area is 122 Å². The van der Waals surface area contributed by atoms with Crippen LogP contribution in [0.3, 0.4) is 0 Å². The molecular weight excluding hydrogens is 272 g/mol. The second kappa shape index (κ2) is 5.70. The van der Waals surface area contributed by atoms with Gasteiger partial charge in [-0.25, -0.2) is 4.79 Å². The lowest BCUT2D eigenvalue weighted by molar-refractivity contribution is -0.134. The number of phenolic OH excluding ortho intramolecular Hbond substituents is 1. The third-order valence-corrected chi connectivity index (χ3v) is 2.97. The first kappa shape index (κ1) is 14.6. The minimum Gasteiger partial charge on any atom is -0.508 e. The molecule has 2 rings (SSSR count). The van der Waals surface area contributed by atoms with Gasteiger partial charge >= 0.3 is 5.97 Å². The number of aromatic hydroxyl groups is 1. The van der Waals surface area contributed by atoms with E-state index in [-0.39, 0.29) is 11.7 Å². The van der Waals surface area contributed by atoms with Crippen LogP contribution in [-0.4, -0.2) is 29.8 Å². The van der Waals surface area contributed by atoms with Gasteiger partial charge in [0.25, 0.3) is 5.91 Å². The molecule has 0 aliphatic carbocycles. The van der Waals surface area contributed by atoms with Crippen LogP contribution >= 0.6 is 0 Å². The maximum atomic E-state index is 11.9. The molecule has 1 amide bonds. The van der Waals surface area contributed by atoms with Crippen LogP contribution in [-0.2, 0) is 14.3 Å². The fraction of sp³-hybridized carbons (Fsp3) is 0.200. The Morgan fingerprint density at radius 2 is 1.95 bits per heavy atom. The number of benzene rings is 1. The summed E-state index contributed by atoms with van der Waals surface area (Å²) in [6, 6.07) is 6.46. The molecule has 1 saturated heterocycles. The molecular formula is C15H16N2O4. The largest absolute Gasteiger partial charge is 0.508 e. The number of hydrogen-bond acceptors (Lipinski definition) is 5. The molecule has 0 radical (unpaired) electrons. The van der Waals surface area contributed by atoms with E-state index in [1.54, 1.807) is 25.1 Å². The second-order valence-corrected chi connectivity index (χ2v) is 4.79. The van der Waals surface area contributed by atoms with Crippen molar-refractivity contribution in [3.63, 3.8) is 0 Å². The number of methoxy groups -OCH3 is 1. The second-order valence-electron chi connectivity index (χ2n) is 4.79.